The molecule has 6 nitrogen and oxygen atoms in total. The Labute approximate surface area is 176 Å². The number of aromatic amines is 1. The van der Waals surface area contributed by atoms with Gasteiger partial charge in [-0.3, -0.25) is 9.59 Å². The van der Waals surface area contributed by atoms with Gasteiger partial charge in [-0.05, 0) is 65.9 Å². The summed E-state index contributed by atoms with van der Waals surface area (Å²) in [6.07, 6.45) is 1.59. The molecule has 3 rings (SSSR count). The van der Waals surface area contributed by atoms with Crippen molar-refractivity contribution in [3.63, 3.8) is 0 Å². The topological polar surface area (TPSA) is 97.2 Å². The third kappa shape index (κ3) is 4.22. The highest BCUT2D eigenvalue weighted by molar-refractivity contribution is 6.06. The first-order valence-corrected chi connectivity index (χ1v) is 9.70. The summed E-state index contributed by atoms with van der Waals surface area (Å²) in [4.78, 5) is 28.0. The fraction of sp³-hybridized carbons (Fsp3) is 0.250. The van der Waals surface area contributed by atoms with Gasteiger partial charge in [0, 0.05) is 28.6 Å². The lowest BCUT2D eigenvalue weighted by Gasteiger charge is -2.25. The molecule has 0 radical (unpaired) electrons. The van der Waals surface area contributed by atoms with E-state index in [1.165, 1.54) is 0 Å². The second-order valence-electron chi connectivity index (χ2n) is 8.29. The summed E-state index contributed by atoms with van der Waals surface area (Å²) in [6.45, 7) is 8.02. The van der Waals surface area contributed by atoms with E-state index < -0.39 is 0 Å². The van der Waals surface area contributed by atoms with Gasteiger partial charge in [-0.15, -0.1) is 0 Å². The van der Waals surface area contributed by atoms with Crippen LogP contribution < -0.4 is 21.3 Å². The number of ether oxygens (including phenoxy) is 1. The largest absolute Gasteiger partial charge is 0.494 e. The van der Waals surface area contributed by atoms with Crippen LogP contribution in [0.15, 0.2) is 53.5 Å². The molecule has 0 bridgehead atoms. The highest BCUT2D eigenvalue weighted by atomic mass is 16.5. The van der Waals surface area contributed by atoms with Crippen molar-refractivity contribution in [2.24, 2.45) is 0 Å². The van der Waals surface area contributed by atoms with Crippen LogP contribution >= 0.6 is 0 Å². The SMILES string of the molecule is COc1c(NC(=O)c2ccc(N)c(C)c2)cc(-c2ccc[nH]c2=O)cc1C(C)(C)C. The van der Waals surface area contributed by atoms with Crippen LogP contribution in [0.4, 0.5) is 11.4 Å². The van der Waals surface area contributed by atoms with Gasteiger partial charge in [0.15, 0.2) is 0 Å². The molecule has 0 aliphatic heterocycles. The zero-order valence-corrected chi connectivity index (χ0v) is 17.9. The van der Waals surface area contributed by atoms with Gasteiger partial charge in [0.05, 0.1) is 12.8 Å². The number of methoxy groups -OCH3 is 1. The zero-order chi connectivity index (χ0) is 22.1. The van der Waals surface area contributed by atoms with Crippen LogP contribution in [0.25, 0.3) is 11.1 Å². The van der Waals surface area contributed by atoms with Crippen LogP contribution in [-0.4, -0.2) is 18.0 Å². The molecule has 1 aromatic heterocycles. The Morgan fingerprint density at radius 1 is 1.13 bits per heavy atom. The van der Waals surface area contributed by atoms with E-state index in [9.17, 15) is 9.59 Å². The van der Waals surface area contributed by atoms with E-state index in [0.29, 0.717) is 33.8 Å². The normalized spacial score (nSPS) is 11.2. The third-order valence-electron chi connectivity index (χ3n) is 5.01. The highest BCUT2D eigenvalue weighted by Crippen LogP contribution is 2.40. The average Bonchev–Trinajstić information content (AvgIpc) is 2.69. The van der Waals surface area contributed by atoms with Crippen molar-refractivity contribution in [1.82, 2.24) is 4.98 Å². The van der Waals surface area contributed by atoms with E-state index in [1.54, 1.807) is 49.7 Å². The predicted molar refractivity (Wildman–Crippen MR) is 121 cm³/mol. The molecule has 0 saturated carbocycles. The monoisotopic (exact) mass is 405 g/mol. The maximum Gasteiger partial charge on any atom is 0.255 e. The number of carbonyl (C=O) groups excluding carboxylic acids is 1. The van der Waals surface area contributed by atoms with Crippen molar-refractivity contribution in [2.75, 3.05) is 18.2 Å². The zero-order valence-electron chi connectivity index (χ0n) is 17.9. The van der Waals surface area contributed by atoms with Gasteiger partial charge in [-0.25, -0.2) is 0 Å². The maximum absolute atomic E-state index is 12.9. The van der Waals surface area contributed by atoms with Crippen molar-refractivity contribution in [3.8, 4) is 16.9 Å². The van der Waals surface area contributed by atoms with Gasteiger partial charge in [0.2, 0.25) is 0 Å². The molecule has 4 N–H and O–H groups in total. The van der Waals surface area contributed by atoms with Crippen molar-refractivity contribution in [2.45, 2.75) is 33.1 Å². The number of hydrogen-bond acceptors (Lipinski definition) is 4. The van der Waals surface area contributed by atoms with Crippen molar-refractivity contribution < 1.29 is 9.53 Å². The molecular weight excluding hydrogens is 378 g/mol. The number of benzene rings is 2. The molecule has 2 aromatic carbocycles. The first-order valence-electron chi connectivity index (χ1n) is 9.70. The first kappa shape index (κ1) is 21.2. The minimum Gasteiger partial charge on any atom is -0.494 e. The van der Waals surface area contributed by atoms with E-state index in [1.807, 2.05) is 13.0 Å². The number of nitrogen functional groups attached to an aromatic ring is 1. The van der Waals surface area contributed by atoms with Gasteiger partial charge in [-0.2, -0.15) is 0 Å². The number of aromatic nitrogens is 1. The standard InChI is InChI=1S/C24H27N3O3/c1-14-11-15(8-9-19(14)25)22(28)27-20-13-16(17-7-6-10-26-23(17)29)12-18(21(20)30-5)24(2,3)4/h6-13H,25H2,1-5H3,(H,26,29)(H,27,28). The molecule has 156 valence electrons. The van der Waals surface area contributed by atoms with Crippen LogP contribution in [0, 0.1) is 6.92 Å². The second-order valence-corrected chi connectivity index (χ2v) is 8.29. The van der Waals surface area contributed by atoms with E-state index >= 15 is 0 Å². The van der Waals surface area contributed by atoms with Crippen LogP contribution in [0.2, 0.25) is 0 Å². The van der Waals surface area contributed by atoms with Crippen LogP contribution in [0.1, 0.15) is 42.3 Å². The van der Waals surface area contributed by atoms with Gasteiger partial charge in [0.1, 0.15) is 5.75 Å². The maximum atomic E-state index is 12.9. The molecule has 0 spiro atoms. The van der Waals surface area contributed by atoms with Gasteiger partial charge in [-0.1, -0.05) is 20.8 Å². The van der Waals surface area contributed by atoms with E-state index in [0.717, 1.165) is 11.1 Å². The Balaban J connectivity index is 2.15. The molecule has 1 heterocycles. The Hall–Kier alpha value is -3.54. The van der Waals surface area contributed by atoms with Gasteiger partial charge in [0.25, 0.3) is 11.5 Å². The number of nitrogens with one attached hydrogen (secondary N) is 2. The summed E-state index contributed by atoms with van der Waals surface area (Å²) in [5.41, 5.74) is 9.94. The molecule has 6 heteroatoms. The van der Waals surface area contributed by atoms with Crippen molar-refractivity contribution in [3.05, 3.63) is 75.7 Å². The summed E-state index contributed by atoms with van der Waals surface area (Å²) in [5, 5.41) is 2.95. The lowest BCUT2D eigenvalue weighted by atomic mass is 9.84. The molecule has 30 heavy (non-hydrogen) atoms. The number of hydrogen-bond donors (Lipinski definition) is 3. The fourth-order valence-corrected chi connectivity index (χ4v) is 3.31. The summed E-state index contributed by atoms with van der Waals surface area (Å²) < 4.78 is 5.68. The van der Waals surface area contributed by atoms with Crippen molar-refractivity contribution in [1.29, 1.82) is 0 Å². The molecular formula is C24H27N3O3. The van der Waals surface area contributed by atoms with Crippen LogP contribution in [0.3, 0.4) is 0 Å². The molecule has 0 fully saturated rings. The lowest BCUT2D eigenvalue weighted by molar-refractivity contribution is 0.102. The average molecular weight is 405 g/mol. The van der Waals surface area contributed by atoms with E-state index in [-0.39, 0.29) is 16.9 Å². The number of amides is 1. The summed E-state index contributed by atoms with van der Waals surface area (Å²) in [5.74, 6) is 0.287. The molecule has 1 amide bonds. The molecule has 0 atom stereocenters. The summed E-state index contributed by atoms with van der Waals surface area (Å²) >= 11 is 0. The van der Waals surface area contributed by atoms with E-state index in [4.69, 9.17) is 10.5 Å². The molecule has 0 aliphatic rings. The molecule has 0 saturated heterocycles. The van der Waals surface area contributed by atoms with Crippen molar-refractivity contribution >= 4 is 17.3 Å². The number of nitrogens with two attached hydrogens (primary N) is 1. The number of aryl methyl sites for hydroxylation is 1. The number of carbonyl (C=O) groups is 1. The minimum absolute atomic E-state index is 0.200. The Morgan fingerprint density at radius 3 is 2.47 bits per heavy atom. The van der Waals surface area contributed by atoms with E-state index in [2.05, 4.69) is 31.1 Å². The van der Waals surface area contributed by atoms with Crippen LogP contribution in [0.5, 0.6) is 5.75 Å². The molecule has 0 aliphatic carbocycles. The highest BCUT2D eigenvalue weighted by Gasteiger charge is 2.24. The third-order valence-corrected chi connectivity index (χ3v) is 5.01. The number of pyridine rings is 1. The number of H-pyrrole nitrogens is 1. The number of rotatable bonds is 4. The summed E-state index contributed by atoms with van der Waals surface area (Å²) in [6, 6.07) is 12.4. The molecule has 3 aromatic rings. The summed E-state index contributed by atoms with van der Waals surface area (Å²) in [7, 11) is 1.57. The second kappa shape index (κ2) is 8.06. The van der Waals surface area contributed by atoms with Gasteiger partial charge < -0.3 is 20.8 Å². The first-order chi connectivity index (χ1) is 14.1. The predicted octanol–water partition coefficient (Wildman–Crippen LogP) is 4.49. The number of anilines is 2. The quantitative estimate of drug-likeness (QED) is 0.557. The fourth-order valence-electron chi connectivity index (χ4n) is 3.31. The minimum atomic E-state index is -0.282. The van der Waals surface area contributed by atoms with Gasteiger partial charge >= 0.3 is 0 Å². The smallest absolute Gasteiger partial charge is 0.255 e. The molecule has 0 unspecified atom stereocenters. The lowest BCUT2D eigenvalue weighted by Crippen LogP contribution is -2.18. The Morgan fingerprint density at radius 2 is 1.87 bits per heavy atom. The van der Waals surface area contributed by atoms with Crippen LogP contribution in [-0.2, 0) is 5.41 Å². The Kier molecular flexibility index (Phi) is 5.69. The Bertz CT molecular complexity index is 1160.